The first-order chi connectivity index (χ1) is 14.0. The van der Waals surface area contributed by atoms with E-state index in [2.05, 4.69) is 10.3 Å². The number of fused-ring (bicyclic) bond motifs is 1. The van der Waals surface area contributed by atoms with Crippen LogP contribution in [0.25, 0.3) is 4.96 Å². The molecular weight excluding hydrogens is 409 g/mol. The number of halogens is 1. The molecule has 29 heavy (non-hydrogen) atoms. The van der Waals surface area contributed by atoms with E-state index >= 15 is 0 Å². The number of para-hydroxylation sites is 1. The predicted molar refractivity (Wildman–Crippen MR) is 114 cm³/mol. The van der Waals surface area contributed by atoms with Gasteiger partial charge in [0, 0.05) is 27.8 Å². The van der Waals surface area contributed by atoms with E-state index in [4.69, 9.17) is 0 Å². The van der Waals surface area contributed by atoms with Gasteiger partial charge in [-0.25, -0.2) is 9.37 Å². The van der Waals surface area contributed by atoms with Crippen LogP contribution in [0, 0.1) is 12.7 Å². The molecule has 2 heterocycles. The van der Waals surface area contributed by atoms with Gasteiger partial charge in [0.15, 0.2) is 4.96 Å². The molecule has 0 fully saturated rings. The maximum absolute atomic E-state index is 13.9. The highest BCUT2D eigenvalue weighted by molar-refractivity contribution is 7.98. The Morgan fingerprint density at radius 1 is 1.21 bits per heavy atom. The average Bonchev–Trinajstić information content (AvgIpc) is 3.08. The summed E-state index contributed by atoms with van der Waals surface area (Å²) in [6, 6.07) is 14.6. The van der Waals surface area contributed by atoms with Crippen molar-refractivity contribution in [2.24, 2.45) is 0 Å². The fraction of sp³-hybridized carbons (Fsp3) is 0.0952. The van der Waals surface area contributed by atoms with Crippen LogP contribution in [-0.4, -0.2) is 15.3 Å². The summed E-state index contributed by atoms with van der Waals surface area (Å²) in [5.74, 6) is -0.614. The van der Waals surface area contributed by atoms with E-state index in [1.54, 1.807) is 24.4 Å². The number of anilines is 1. The second kappa shape index (κ2) is 8.18. The molecule has 0 saturated heterocycles. The number of hydrogen-bond acceptors (Lipinski definition) is 5. The quantitative estimate of drug-likeness (QED) is 0.469. The number of aryl methyl sites for hydroxylation is 1. The molecule has 0 spiro atoms. The van der Waals surface area contributed by atoms with Gasteiger partial charge in [-0.3, -0.25) is 14.0 Å². The Bertz CT molecular complexity index is 1270. The zero-order chi connectivity index (χ0) is 20.4. The summed E-state index contributed by atoms with van der Waals surface area (Å²) < 4.78 is 15.4. The molecule has 0 atom stereocenters. The van der Waals surface area contributed by atoms with Gasteiger partial charge >= 0.3 is 0 Å². The summed E-state index contributed by atoms with van der Waals surface area (Å²) in [5.41, 5.74) is 1.12. The summed E-state index contributed by atoms with van der Waals surface area (Å²) >= 11 is 2.91. The summed E-state index contributed by atoms with van der Waals surface area (Å²) in [6.07, 6.45) is 1.78. The lowest BCUT2D eigenvalue weighted by atomic mass is 10.2. The van der Waals surface area contributed by atoms with Gasteiger partial charge in [0.05, 0.1) is 16.9 Å². The Morgan fingerprint density at radius 3 is 2.79 bits per heavy atom. The van der Waals surface area contributed by atoms with Crippen LogP contribution in [0.3, 0.4) is 0 Å². The lowest BCUT2D eigenvalue weighted by Gasteiger charge is -2.11. The first-order valence-electron chi connectivity index (χ1n) is 8.78. The zero-order valence-electron chi connectivity index (χ0n) is 15.4. The molecule has 8 heteroatoms. The van der Waals surface area contributed by atoms with Crippen LogP contribution in [0.2, 0.25) is 0 Å². The molecule has 0 unspecified atom stereocenters. The molecule has 2 aromatic heterocycles. The van der Waals surface area contributed by atoms with Crippen molar-refractivity contribution in [1.29, 1.82) is 0 Å². The average molecular weight is 426 g/mol. The van der Waals surface area contributed by atoms with Gasteiger partial charge in [-0.1, -0.05) is 24.3 Å². The highest BCUT2D eigenvalue weighted by Gasteiger charge is 2.13. The highest BCUT2D eigenvalue weighted by atomic mass is 32.2. The van der Waals surface area contributed by atoms with Gasteiger partial charge in [-0.15, -0.1) is 23.1 Å². The first kappa shape index (κ1) is 19.4. The van der Waals surface area contributed by atoms with E-state index in [-0.39, 0.29) is 11.1 Å². The fourth-order valence-electron chi connectivity index (χ4n) is 2.81. The van der Waals surface area contributed by atoms with Crippen LogP contribution in [0.15, 0.2) is 70.5 Å². The fourth-order valence-corrected chi connectivity index (χ4v) is 4.57. The van der Waals surface area contributed by atoms with Crippen LogP contribution in [0.5, 0.6) is 0 Å². The van der Waals surface area contributed by atoms with E-state index in [9.17, 15) is 14.0 Å². The molecule has 146 valence electrons. The summed E-state index contributed by atoms with van der Waals surface area (Å²) in [4.78, 5) is 31.7. The summed E-state index contributed by atoms with van der Waals surface area (Å²) in [6.45, 7) is 1.93. The molecule has 1 N–H and O–H groups in total. The van der Waals surface area contributed by atoms with Crippen molar-refractivity contribution in [2.45, 2.75) is 17.6 Å². The van der Waals surface area contributed by atoms with Crippen LogP contribution in [-0.2, 0) is 5.75 Å². The van der Waals surface area contributed by atoms with E-state index in [1.165, 1.54) is 51.8 Å². The van der Waals surface area contributed by atoms with Crippen molar-refractivity contribution in [3.63, 3.8) is 0 Å². The topological polar surface area (TPSA) is 63.5 Å². The normalized spacial score (nSPS) is 11.0. The van der Waals surface area contributed by atoms with Gasteiger partial charge in [-0.2, -0.15) is 0 Å². The second-order valence-electron chi connectivity index (χ2n) is 6.30. The van der Waals surface area contributed by atoms with Crippen LogP contribution >= 0.6 is 23.1 Å². The molecule has 0 radical (unpaired) electrons. The number of carbonyl (C=O) groups is 1. The molecule has 5 nitrogen and oxygen atoms in total. The number of aromatic nitrogens is 2. The largest absolute Gasteiger partial charge is 0.321 e. The highest BCUT2D eigenvalue weighted by Crippen LogP contribution is 2.30. The van der Waals surface area contributed by atoms with E-state index in [0.29, 0.717) is 22.1 Å². The van der Waals surface area contributed by atoms with Gasteiger partial charge in [-0.05, 0) is 31.2 Å². The summed E-state index contributed by atoms with van der Waals surface area (Å²) in [7, 11) is 0. The van der Waals surface area contributed by atoms with Crippen LogP contribution in [0.4, 0.5) is 10.1 Å². The Hall–Kier alpha value is -2.97. The third-order valence-electron chi connectivity index (χ3n) is 4.17. The molecule has 0 bridgehead atoms. The van der Waals surface area contributed by atoms with Crippen molar-refractivity contribution in [3.05, 3.63) is 93.1 Å². The number of amides is 1. The smallest absolute Gasteiger partial charge is 0.258 e. The first-order valence-corrected chi connectivity index (χ1v) is 10.6. The van der Waals surface area contributed by atoms with Gasteiger partial charge in [0.1, 0.15) is 5.82 Å². The maximum atomic E-state index is 13.9. The number of nitrogens with zero attached hydrogens (tertiary/aromatic N) is 2. The monoisotopic (exact) mass is 425 g/mol. The molecule has 4 rings (SSSR count). The Morgan fingerprint density at radius 2 is 1.97 bits per heavy atom. The number of benzene rings is 2. The zero-order valence-corrected chi connectivity index (χ0v) is 17.0. The molecule has 0 aliphatic rings. The minimum Gasteiger partial charge on any atom is -0.321 e. The number of carbonyl (C=O) groups excluding carboxylic acids is 1. The van der Waals surface area contributed by atoms with Crippen molar-refractivity contribution in [2.75, 3.05) is 5.32 Å². The van der Waals surface area contributed by atoms with Gasteiger partial charge < -0.3 is 5.32 Å². The van der Waals surface area contributed by atoms with E-state index in [1.807, 2.05) is 19.1 Å². The molecule has 2 aromatic carbocycles. The van der Waals surface area contributed by atoms with Gasteiger partial charge in [0.2, 0.25) is 0 Å². The van der Waals surface area contributed by atoms with Crippen molar-refractivity contribution >= 4 is 39.7 Å². The second-order valence-corrected chi connectivity index (χ2v) is 8.53. The lowest BCUT2D eigenvalue weighted by molar-refractivity contribution is 0.102. The third-order valence-corrected chi connectivity index (χ3v) is 6.17. The molecule has 0 saturated carbocycles. The van der Waals surface area contributed by atoms with Gasteiger partial charge in [0.25, 0.3) is 11.5 Å². The Balaban J connectivity index is 1.54. The van der Waals surface area contributed by atoms with E-state index < -0.39 is 11.7 Å². The SMILES string of the molecule is Cc1cn2c(=O)cc(CSc3ccccc3NC(=O)c3ccccc3F)nc2s1. The van der Waals surface area contributed by atoms with Crippen molar-refractivity contribution in [3.8, 4) is 0 Å². The molecule has 0 aliphatic heterocycles. The predicted octanol–water partition coefficient (Wildman–Crippen LogP) is 4.75. The molecular formula is C21H16FN3O2S2. The maximum Gasteiger partial charge on any atom is 0.258 e. The Kier molecular flexibility index (Phi) is 5.46. The number of rotatable bonds is 5. The van der Waals surface area contributed by atoms with Crippen LogP contribution < -0.4 is 10.9 Å². The number of nitrogens with one attached hydrogen (secondary N) is 1. The van der Waals surface area contributed by atoms with Crippen molar-refractivity contribution < 1.29 is 9.18 Å². The van der Waals surface area contributed by atoms with E-state index in [0.717, 1.165) is 9.77 Å². The standard InChI is InChI=1S/C21H16FN3O2S2/c1-13-11-25-19(26)10-14(23-21(25)29-13)12-28-18-9-5-4-8-17(18)24-20(27)15-6-2-3-7-16(15)22/h2-11H,12H2,1H3,(H,24,27). The Labute approximate surface area is 174 Å². The molecule has 0 aliphatic carbocycles. The summed E-state index contributed by atoms with van der Waals surface area (Å²) in [5, 5.41) is 2.76. The molecule has 4 aromatic rings. The third kappa shape index (κ3) is 4.23. The lowest BCUT2D eigenvalue weighted by Crippen LogP contribution is -2.14. The number of hydrogen-bond donors (Lipinski definition) is 1. The van der Waals surface area contributed by atoms with Crippen LogP contribution in [0.1, 0.15) is 20.9 Å². The van der Waals surface area contributed by atoms with Crippen molar-refractivity contribution in [1.82, 2.24) is 9.38 Å². The number of thiazole rings is 1. The molecule has 1 amide bonds. The number of thioether (sulfide) groups is 1. The minimum absolute atomic E-state index is 0.0134. The minimum atomic E-state index is -0.570.